The molecule has 0 aliphatic carbocycles. The summed E-state index contributed by atoms with van der Waals surface area (Å²) < 4.78 is 5.28. The van der Waals surface area contributed by atoms with Gasteiger partial charge in [0.1, 0.15) is 11.6 Å². The number of carboxylic acid groups (broad SMARTS) is 1. The number of aromatic carboxylic acids is 1. The fourth-order valence-corrected chi connectivity index (χ4v) is 2.11. The highest BCUT2D eigenvalue weighted by Crippen LogP contribution is 2.30. The molecule has 2 aromatic rings. The number of aryl methyl sites for hydroxylation is 1. The number of benzene rings is 1. The average Bonchev–Trinajstić information content (AvgIpc) is 2.41. The van der Waals surface area contributed by atoms with Gasteiger partial charge in [-0.15, -0.1) is 0 Å². The maximum Gasteiger partial charge on any atom is 0.354 e. The topological polar surface area (TPSA) is 72.3 Å². The summed E-state index contributed by atoms with van der Waals surface area (Å²) in [5.41, 5.74) is 3.52. The number of nitrogens with zero attached hydrogens (tertiary/aromatic N) is 2. The fourth-order valence-electron chi connectivity index (χ4n) is 2.11. The lowest BCUT2D eigenvalue weighted by atomic mass is 9.99. The minimum atomic E-state index is -1.06. The van der Waals surface area contributed by atoms with Crippen molar-refractivity contribution in [3.05, 3.63) is 40.8 Å². The second-order valence-corrected chi connectivity index (χ2v) is 4.56. The van der Waals surface area contributed by atoms with Crippen LogP contribution in [0.2, 0.25) is 0 Å². The molecule has 0 amide bonds. The van der Waals surface area contributed by atoms with Crippen LogP contribution in [0.1, 0.15) is 27.4 Å². The molecule has 0 spiro atoms. The molecule has 0 aliphatic rings. The van der Waals surface area contributed by atoms with E-state index in [1.165, 1.54) is 6.07 Å². The number of rotatable bonds is 3. The largest absolute Gasteiger partial charge is 0.496 e. The molecule has 1 aromatic carbocycles. The Morgan fingerprint density at radius 3 is 2.45 bits per heavy atom. The Hall–Kier alpha value is -2.43. The standard InChI is InChI=1S/C15H16N2O3/c1-8-9(2)14(20-4)6-5-11(8)12-7-13(15(18)19)17-10(3)16-12/h5-7H,1-4H3,(H,18,19). The summed E-state index contributed by atoms with van der Waals surface area (Å²) in [5, 5.41) is 9.08. The molecular formula is C15H16N2O3. The second kappa shape index (κ2) is 5.28. The number of aromatic nitrogens is 2. The Kier molecular flexibility index (Phi) is 3.70. The zero-order valence-electron chi connectivity index (χ0n) is 11.9. The summed E-state index contributed by atoms with van der Waals surface area (Å²) in [6.07, 6.45) is 0. The van der Waals surface area contributed by atoms with Gasteiger partial charge in [-0.2, -0.15) is 0 Å². The Bertz CT molecular complexity index is 681. The summed E-state index contributed by atoms with van der Waals surface area (Å²) >= 11 is 0. The van der Waals surface area contributed by atoms with E-state index in [-0.39, 0.29) is 5.69 Å². The molecule has 0 atom stereocenters. The third-order valence-corrected chi connectivity index (χ3v) is 3.29. The van der Waals surface area contributed by atoms with E-state index in [9.17, 15) is 4.79 Å². The van der Waals surface area contributed by atoms with Gasteiger partial charge in [0.25, 0.3) is 0 Å². The number of ether oxygens (including phenoxy) is 1. The van der Waals surface area contributed by atoms with Crippen molar-refractivity contribution in [3.63, 3.8) is 0 Å². The maximum atomic E-state index is 11.1. The summed E-state index contributed by atoms with van der Waals surface area (Å²) in [6, 6.07) is 5.23. The summed E-state index contributed by atoms with van der Waals surface area (Å²) in [4.78, 5) is 19.3. The van der Waals surface area contributed by atoms with Crippen LogP contribution in [-0.2, 0) is 0 Å². The van der Waals surface area contributed by atoms with Gasteiger partial charge in [0.2, 0.25) is 0 Å². The van der Waals surface area contributed by atoms with E-state index in [0.717, 1.165) is 22.4 Å². The van der Waals surface area contributed by atoms with Gasteiger partial charge in [-0.05, 0) is 50.1 Å². The highest BCUT2D eigenvalue weighted by molar-refractivity contribution is 5.87. The van der Waals surface area contributed by atoms with Crippen LogP contribution in [0, 0.1) is 20.8 Å². The van der Waals surface area contributed by atoms with Crippen LogP contribution in [0.4, 0.5) is 0 Å². The molecule has 2 rings (SSSR count). The van der Waals surface area contributed by atoms with Crippen LogP contribution < -0.4 is 4.74 Å². The lowest BCUT2D eigenvalue weighted by molar-refractivity contribution is 0.0690. The molecule has 20 heavy (non-hydrogen) atoms. The molecule has 1 aromatic heterocycles. The van der Waals surface area contributed by atoms with Crippen molar-refractivity contribution >= 4 is 5.97 Å². The van der Waals surface area contributed by atoms with E-state index < -0.39 is 5.97 Å². The van der Waals surface area contributed by atoms with Gasteiger partial charge >= 0.3 is 5.97 Å². The second-order valence-electron chi connectivity index (χ2n) is 4.56. The van der Waals surface area contributed by atoms with Crippen LogP contribution in [0.5, 0.6) is 5.75 Å². The molecule has 5 heteroatoms. The quantitative estimate of drug-likeness (QED) is 0.930. The first-order valence-corrected chi connectivity index (χ1v) is 6.17. The lowest BCUT2D eigenvalue weighted by Gasteiger charge is -2.12. The summed E-state index contributed by atoms with van der Waals surface area (Å²) in [6.45, 7) is 5.61. The van der Waals surface area contributed by atoms with Crippen molar-refractivity contribution in [1.82, 2.24) is 9.97 Å². The van der Waals surface area contributed by atoms with Crippen molar-refractivity contribution in [2.45, 2.75) is 20.8 Å². The fraction of sp³-hybridized carbons (Fsp3) is 0.267. The Labute approximate surface area is 117 Å². The molecule has 0 unspecified atom stereocenters. The molecule has 0 saturated carbocycles. The highest BCUT2D eigenvalue weighted by atomic mass is 16.5. The maximum absolute atomic E-state index is 11.1. The molecule has 5 nitrogen and oxygen atoms in total. The summed E-state index contributed by atoms with van der Waals surface area (Å²) in [7, 11) is 1.62. The number of carbonyl (C=O) groups is 1. The van der Waals surface area contributed by atoms with Crippen LogP contribution in [0.3, 0.4) is 0 Å². The van der Waals surface area contributed by atoms with Gasteiger partial charge < -0.3 is 9.84 Å². The van der Waals surface area contributed by atoms with Crippen molar-refractivity contribution in [2.75, 3.05) is 7.11 Å². The predicted molar refractivity (Wildman–Crippen MR) is 75.2 cm³/mol. The van der Waals surface area contributed by atoms with E-state index in [2.05, 4.69) is 9.97 Å². The van der Waals surface area contributed by atoms with E-state index in [1.807, 2.05) is 26.0 Å². The molecule has 0 radical (unpaired) electrons. The number of hydrogen-bond donors (Lipinski definition) is 1. The average molecular weight is 272 g/mol. The Balaban J connectivity index is 2.63. The van der Waals surface area contributed by atoms with Crippen LogP contribution in [0.15, 0.2) is 18.2 Å². The Morgan fingerprint density at radius 2 is 1.85 bits per heavy atom. The molecular weight excluding hydrogens is 256 g/mol. The van der Waals surface area contributed by atoms with E-state index in [1.54, 1.807) is 14.0 Å². The molecule has 0 bridgehead atoms. The predicted octanol–water partition coefficient (Wildman–Crippen LogP) is 2.78. The third kappa shape index (κ3) is 2.47. The van der Waals surface area contributed by atoms with Crippen LogP contribution >= 0.6 is 0 Å². The van der Waals surface area contributed by atoms with E-state index >= 15 is 0 Å². The Morgan fingerprint density at radius 1 is 1.15 bits per heavy atom. The highest BCUT2D eigenvalue weighted by Gasteiger charge is 2.13. The minimum absolute atomic E-state index is 0.000344. The van der Waals surface area contributed by atoms with Gasteiger partial charge in [-0.1, -0.05) is 0 Å². The monoisotopic (exact) mass is 272 g/mol. The SMILES string of the molecule is COc1ccc(-c2cc(C(=O)O)nc(C)n2)c(C)c1C. The molecule has 1 heterocycles. The van der Waals surface area contributed by atoms with Gasteiger partial charge in [-0.25, -0.2) is 14.8 Å². The normalized spacial score (nSPS) is 10.4. The first-order chi connectivity index (χ1) is 9.43. The first kappa shape index (κ1) is 14.0. The number of hydrogen-bond acceptors (Lipinski definition) is 4. The van der Waals surface area contributed by atoms with Crippen LogP contribution in [0.25, 0.3) is 11.3 Å². The molecule has 0 saturated heterocycles. The third-order valence-electron chi connectivity index (χ3n) is 3.29. The van der Waals surface area contributed by atoms with Gasteiger partial charge in [0.05, 0.1) is 12.8 Å². The molecule has 104 valence electrons. The molecule has 0 fully saturated rings. The van der Waals surface area contributed by atoms with Gasteiger partial charge in [-0.3, -0.25) is 0 Å². The molecule has 0 aliphatic heterocycles. The van der Waals surface area contributed by atoms with Crippen molar-refractivity contribution in [3.8, 4) is 17.0 Å². The van der Waals surface area contributed by atoms with Crippen molar-refractivity contribution < 1.29 is 14.6 Å². The number of carboxylic acids is 1. The zero-order chi connectivity index (χ0) is 14.9. The minimum Gasteiger partial charge on any atom is -0.496 e. The lowest BCUT2D eigenvalue weighted by Crippen LogP contribution is -2.05. The van der Waals surface area contributed by atoms with E-state index in [4.69, 9.17) is 9.84 Å². The molecule has 1 N–H and O–H groups in total. The smallest absolute Gasteiger partial charge is 0.354 e. The zero-order valence-corrected chi connectivity index (χ0v) is 11.9. The van der Waals surface area contributed by atoms with Crippen molar-refractivity contribution in [1.29, 1.82) is 0 Å². The van der Waals surface area contributed by atoms with Crippen molar-refractivity contribution in [2.24, 2.45) is 0 Å². The summed E-state index contributed by atoms with van der Waals surface area (Å²) in [5.74, 6) is 0.183. The van der Waals surface area contributed by atoms with E-state index in [0.29, 0.717) is 11.5 Å². The first-order valence-electron chi connectivity index (χ1n) is 6.17. The number of methoxy groups -OCH3 is 1. The van der Waals surface area contributed by atoms with Crippen LogP contribution in [-0.4, -0.2) is 28.2 Å². The van der Waals surface area contributed by atoms with Gasteiger partial charge in [0.15, 0.2) is 5.69 Å². The van der Waals surface area contributed by atoms with Gasteiger partial charge in [0, 0.05) is 5.56 Å².